The van der Waals surface area contributed by atoms with Crippen LogP contribution in [0.15, 0.2) is 108 Å². The third-order valence-electron chi connectivity index (χ3n) is 8.81. The highest BCUT2D eigenvalue weighted by Gasteiger charge is 2.30. The Hall–Kier alpha value is -6.17. The number of ether oxygens (including phenoxy) is 4. The van der Waals surface area contributed by atoms with E-state index in [1.807, 2.05) is 60.7 Å². The van der Waals surface area contributed by atoms with E-state index in [1.165, 1.54) is 12.4 Å². The molecule has 7 rings (SSSR count). The summed E-state index contributed by atoms with van der Waals surface area (Å²) in [6.07, 6.45) is 1.90. The molecule has 1 atom stereocenters. The molecule has 55 heavy (non-hydrogen) atoms. The van der Waals surface area contributed by atoms with Gasteiger partial charge in [-0.15, -0.1) is 0 Å². The molecule has 0 radical (unpaired) electrons. The van der Waals surface area contributed by atoms with Gasteiger partial charge in [-0.2, -0.15) is 0 Å². The molecular weight excluding hydrogens is 743 g/mol. The number of nitrogens with zero attached hydrogens (tertiary/aromatic N) is 4. The number of halogens is 2. The molecule has 0 saturated heterocycles. The number of esters is 1. The summed E-state index contributed by atoms with van der Waals surface area (Å²) in [4.78, 5) is 31.6. The normalized spacial score (nSPS) is 11.7. The van der Waals surface area contributed by atoms with Crippen LogP contribution in [0.25, 0.3) is 44.9 Å². The summed E-state index contributed by atoms with van der Waals surface area (Å²) in [5.41, 5.74) is 4.85. The molecule has 0 aliphatic carbocycles. The zero-order valence-electron chi connectivity index (χ0n) is 30.0. The van der Waals surface area contributed by atoms with E-state index in [0.717, 1.165) is 11.3 Å². The predicted octanol–water partition coefficient (Wildman–Crippen LogP) is 9.48. The first-order valence-electron chi connectivity index (χ1n) is 17.3. The van der Waals surface area contributed by atoms with E-state index in [1.54, 1.807) is 51.4 Å². The summed E-state index contributed by atoms with van der Waals surface area (Å²) in [7, 11) is 1.61. The lowest BCUT2D eigenvalue weighted by Crippen LogP contribution is -2.32. The van der Waals surface area contributed by atoms with E-state index in [9.17, 15) is 9.90 Å². The van der Waals surface area contributed by atoms with Gasteiger partial charge in [-0.05, 0) is 97.3 Å². The lowest BCUT2D eigenvalue weighted by molar-refractivity contribution is -0.151. The fourth-order valence-electron chi connectivity index (χ4n) is 6.06. The van der Waals surface area contributed by atoms with Crippen LogP contribution in [0.2, 0.25) is 10.0 Å². The Labute approximate surface area is 326 Å². The quantitative estimate of drug-likeness (QED) is 0.112. The number of carbonyl (C=O) groups is 1. The second-order valence-corrected chi connectivity index (χ2v) is 13.1. The van der Waals surface area contributed by atoms with Gasteiger partial charge in [-0.1, -0.05) is 47.5 Å². The Bertz CT molecular complexity index is 2470. The van der Waals surface area contributed by atoms with Gasteiger partial charge in [0.1, 0.15) is 41.3 Å². The molecule has 0 spiro atoms. The van der Waals surface area contributed by atoms with Crippen molar-refractivity contribution in [3.05, 3.63) is 130 Å². The van der Waals surface area contributed by atoms with Crippen LogP contribution in [0, 0.1) is 6.92 Å². The van der Waals surface area contributed by atoms with E-state index in [0.29, 0.717) is 61.3 Å². The third-order valence-corrected chi connectivity index (χ3v) is 9.54. The summed E-state index contributed by atoms with van der Waals surface area (Å²) in [6.45, 7) is 3.77. The van der Waals surface area contributed by atoms with Gasteiger partial charge in [0.15, 0.2) is 5.82 Å². The summed E-state index contributed by atoms with van der Waals surface area (Å²) >= 11 is 12.8. The van der Waals surface area contributed by atoms with Crippen molar-refractivity contribution in [2.45, 2.75) is 33.0 Å². The second kappa shape index (κ2) is 16.5. The van der Waals surface area contributed by atoms with Crippen LogP contribution in [0.4, 0.5) is 0 Å². The molecule has 0 aliphatic heterocycles. The van der Waals surface area contributed by atoms with Crippen LogP contribution in [0.1, 0.15) is 23.7 Å². The Balaban J connectivity index is 1.23. The van der Waals surface area contributed by atoms with Crippen LogP contribution >= 0.6 is 23.2 Å². The molecule has 0 aliphatic rings. The zero-order chi connectivity index (χ0) is 38.5. The Morgan fingerprint density at radius 2 is 1.67 bits per heavy atom. The molecule has 3 heterocycles. The largest absolute Gasteiger partial charge is 0.506 e. The second-order valence-electron chi connectivity index (χ2n) is 12.3. The highest BCUT2D eigenvalue weighted by Crippen LogP contribution is 2.47. The molecule has 13 heteroatoms. The number of phenols is 1. The fourth-order valence-corrected chi connectivity index (χ4v) is 6.35. The minimum Gasteiger partial charge on any atom is -0.506 e. The molecule has 1 unspecified atom stereocenters. The maximum absolute atomic E-state index is 13.6. The number of rotatable bonds is 13. The number of furan rings is 1. The predicted molar refractivity (Wildman–Crippen MR) is 209 cm³/mol. The van der Waals surface area contributed by atoms with Crippen LogP contribution < -0.4 is 14.2 Å². The number of phenolic OH excluding ortho intramolecular Hbond substituents is 1. The van der Waals surface area contributed by atoms with Crippen LogP contribution in [-0.2, 0) is 22.6 Å². The number of fused-ring (bicyclic) bond motifs is 1. The molecule has 0 fully saturated rings. The van der Waals surface area contributed by atoms with E-state index < -0.39 is 12.1 Å². The monoisotopic (exact) mass is 776 g/mol. The van der Waals surface area contributed by atoms with Crippen LogP contribution in [0.5, 0.6) is 23.1 Å². The van der Waals surface area contributed by atoms with Crippen LogP contribution in [-0.4, -0.2) is 50.8 Å². The molecule has 11 nitrogen and oxygen atoms in total. The topological polar surface area (TPSA) is 139 Å². The number of methoxy groups -OCH3 is 1. The minimum absolute atomic E-state index is 0.0721. The summed E-state index contributed by atoms with van der Waals surface area (Å²) in [6, 6.07) is 27.0. The Kier molecular flexibility index (Phi) is 11.1. The minimum atomic E-state index is -1.16. The summed E-state index contributed by atoms with van der Waals surface area (Å²) in [5, 5.41) is 11.5. The van der Waals surface area contributed by atoms with Crippen molar-refractivity contribution >= 4 is 40.3 Å². The summed E-state index contributed by atoms with van der Waals surface area (Å²) < 4.78 is 29.9. The first-order chi connectivity index (χ1) is 26.7. The highest BCUT2D eigenvalue weighted by molar-refractivity contribution is 6.33. The molecule has 0 saturated carbocycles. The van der Waals surface area contributed by atoms with Gasteiger partial charge in [0.2, 0.25) is 17.7 Å². The van der Waals surface area contributed by atoms with Crippen molar-refractivity contribution in [3.8, 4) is 57.0 Å². The molecule has 3 aromatic heterocycles. The van der Waals surface area contributed by atoms with Crippen molar-refractivity contribution in [1.82, 2.24) is 19.9 Å². The molecule has 1 N–H and O–H groups in total. The smallest absolute Gasteiger partial charge is 0.347 e. The first kappa shape index (κ1) is 37.2. The zero-order valence-corrected chi connectivity index (χ0v) is 31.5. The van der Waals surface area contributed by atoms with Gasteiger partial charge < -0.3 is 28.5 Å². The first-order valence-corrected chi connectivity index (χ1v) is 18.0. The fraction of sp³-hybridized carbons (Fsp3) is 0.167. The molecule has 7 aromatic rings. The number of benzene rings is 4. The van der Waals surface area contributed by atoms with E-state index in [4.69, 9.17) is 51.6 Å². The maximum Gasteiger partial charge on any atom is 0.347 e. The van der Waals surface area contributed by atoms with E-state index in [2.05, 4.69) is 15.0 Å². The van der Waals surface area contributed by atoms with Gasteiger partial charge >= 0.3 is 5.97 Å². The average molecular weight is 778 g/mol. The van der Waals surface area contributed by atoms with Gasteiger partial charge in [-0.3, -0.25) is 0 Å². The SMILES string of the molecule is CCOC(=O)C(Cc1ccccc1OCc1ccnc(-c2ccc(OC)cc2)n1)Oc1ncnc2oc(-c3ccc(Cl)cc3)c(-c3ccc(O)c(Cl)c3C)c12. The van der Waals surface area contributed by atoms with Crippen LogP contribution in [0.3, 0.4) is 0 Å². The van der Waals surface area contributed by atoms with Gasteiger partial charge in [-0.25, -0.2) is 24.7 Å². The van der Waals surface area contributed by atoms with E-state index >= 15 is 0 Å². The third kappa shape index (κ3) is 8.03. The maximum atomic E-state index is 13.6. The lowest BCUT2D eigenvalue weighted by Gasteiger charge is -2.19. The molecule has 0 amide bonds. The van der Waals surface area contributed by atoms with Crippen molar-refractivity contribution in [2.75, 3.05) is 13.7 Å². The van der Waals surface area contributed by atoms with Crippen molar-refractivity contribution in [2.24, 2.45) is 0 Å². The Morgan fingerprint density at radius 3 is 2.44 bits per heavy atom. The number of carbonyl (C=O) groups excluding carboxylic acids is 1. The van der Waals surface area contributed by atoms with Gasteiger partial charge in [0, 0.05) is 34.3 Å². The molecular formula is C42H34Cl2N4O7. The summed E-state index contributed by atoms with van der Waals surface area (Å²) in [5.74, 6) is 1.66. The standard InChI is InChI=1S/C42H34Cl2N4O7/c1-4-52-42(50)34(21-27-7-5-6-8-33(27)53-22-29-19-20-45-39(48-29)26-11-15-30(51-3)16-12-26)54-40-36-35(31-17-18-32(49)37(44)24(31)2)38(55-41(36)47-23-46-40)25-9-13-28(43)14-10-25/h5-20,23,34,49H,4,21-22H2,1-3H3. The van der Waals surface area contributed by atoms with Crippen molar-refractivity contribution in [1.29, 1.82) is 0 Å². The van der Waals surface area contributed by atoms with Crippen molar-refractivity contribution < 1.29 is 33.3 Å². The number of hydrogen-bond acceptors (Lipinski definition) is 11. The van der Waals surface area contributed by atoms with Gasteiger partial charge in [0.05, 0.1) is 24.4 Å². The molecule has 0 bridgehead atoms. The van der Waals surface area contributed by atoms with E-state index in [-0.39, 0.29) is 42.0 Å². The molecule has 278 valence electrons. The lowest BCUT2D eigenvalue weighted by atomic mass is 9.95. The number of aromatic nitrogens is 4. The van der Waals surface area contributed by atoms with Crippen molar-refractivity contribution in [3.63, 3.8) is 0 Å². The number of hydrogen-bond donors (Lipinski definition) is 1. The van der Waals surface area contributed by atoms with Gasteiger partial charge in [0.25, 0.3) is 0 Å². The highest BCUT2D eigenvalue weighted by atomic mass is 35.5. The average Bonchev–Trinajstić information content (AvgIpc) is 3.60. The molecule has 4 aromatic carbocycles. The Morgan fingerprint density at radius 1 is 0.909 bits per heavy atom. The number of aromatic hydroxyl groups is 1. The number of para-hydroxylation sites is 1.